The highest BCUT2D eigenvalue weighted by molar-refractivity contribution is 5.96. The maximum absolute atomic E-state index is 11.0. The molecule has 0 N–H and O–H groups in total. The molecule has 42 heavy (non-hydrogen) atoms. The van der Waals surface area contributed by atoms with Gasteiger partial charge in [-0.1, -0.05) is 49.6 Å². The van der Waals surface area contributed by atoms with Crippen LogP contribution >= 0.6 is 0 Å². The lowest BCUT2D eigenvalue weighted by Crippen LogP contribution is -2.15. The van der Waals surface area contributed by atoms with Gasteiger partial charge in [-0.2, -0.15) is 0 Å². The molecule has 0 saturated carbocycles. The lowest BCUT2D eigenvalue weighted by molar-refractivity contribution is -0.140. The first-order valence-corrected chi connectivity index (χ1v) is 14.0. The van der Waals surface area contributed by atoms with Gasteiger partial charge in [-0.25, -0.2) is 9.59 Å². The molecule has 0 aromatic heterocycles. The summed E-state index contributed by atoms with van der Waals surface area (Å²) in [6, 6.07) is 8.08. The van der Waals surface area contributed by atoms with Crippen LogP contribution in [0.15, 0.2) is 61.7 Å². The Morgan fingerprint density at radius 2 is 0.929 bits per heavy atom. The molecule has 0 bridgehead atoms. The number of rotatable bonds is 22. The van der Waals surface area contributed by atoms with Crippen LogP contribution in [0.2, 0.25) is 0 Å². The predicted molar refractivity (Wildman–Crippen MR) is 157 cm³/mol. The molecule has 10 heteroatoms. The average Bonchev–Trinajstić information content (AvgIpc) is 3.02. The van der Waals surface area contributed by atoms with Crippen LogP contribution in [0, 0.1) is 0 Å². The highest BCUT2D eigenvalue weighted by Gasteiger charge is 2.22. The molecule has 3 rings (SSSR count). The second kappa shape index (κ2) is 19.4. The summed E-state index contributed by atoms with van der Waals surface area (Å²) in [7, 11) is 0. The maximum Gasteiger partial charge on any atom is 0.330 e. The molecule has 0 unspecified atom stereocenters. The summed E-state index contributed by atoms with van der Waals surface area (Å²) in [4.78, 5) is 22.0. The maximum atomic E-state index is 11.0. The number of esters is 2. The van der Waals surface area contributed by atoms with E-state index >= 15 is 0 Å². The van der Waals surface area contributed by atoms with Crippen LogP contribution in [0.4, 0.5) is 0 Å². The lowest BCUT2D eigenvalue weighted by Gasteiger charge is -2.23. The molecule has 0 saturated heterocycles. The Hall–Kier alpha value is -3.70. The second-order valence-corrected chi connectivity index (χ2v) is 8.93. The van der Waals surface area contributed by atoms with Crippen molar-refractivity contribution in [2.75, 3.05) is 79.3 Å². The van der Waals surface area contributed by atoms with E-state index in [0.29, 0.717) is 66.1 Å². The van der Waals surface area contributed by atoms with E-state index in [0.717, 1.165) is 58.4 Å². The summed E-state index contributed by atoms with van der Waals surface area (Å²) < 4.78 is 44.4. The van der Waals surface area contributed by atoms with Gasteiger partial charge in [-0.15, -0.1) is 0 Å². The van der Waals surface area contributed by atoms with Gasteiger partial charge >= 0.3 is 11.9 Å². The van der Waals surface area contributed by atoms with Gasteiger partial charge in [0, 0.05) is 34.1 Å². The number of benzene rings is 2. The van der Waals surface area contributed by atoms with E-state index in [1.165, 1.54) is 0 Å². The van der Waals surface area contributed by atoms with Gasteiger partial charge < -0.3 is 37.9 Å². The van der Waals surface area contributed by atoms with E-state index in [-0.39, 0.29) is 13.2 Å². The number of allylic oxidation sites excluding steroid dienone is 2. The van der Waals surface area contributed by atoms with Crippen LogP contribution in [0.1, 0.15) is 11.1 Å². The first-order chi connectivity index (χ1) is 20.7. The van der Waals surface area contributed by atoms with E-state index in [1.807, 2.05) is 24.3 Å². The highest BCUT2D eigenvalue weighted by atomic mass is 16.6. The zero-order chi connectivity index (χ0) is 29.8. The van der Waals surface area contributed by atoms with Crippen molar-refractivity contribution >= 4 is 22.7 Å². The van der Waals surface area contributed by atoms with Gasteiger partial charge in [0.2, 0.25) is 0 Å². The van der Waals surface area contributed by atoms with E-state index < -0.39 is 11.9 Å². The fourth-order valence-corrected chi connectivity index (χ4v) is 4.21. The Bertz CT molecular complexity index is 1100. The fraction of sp³-hybridized carbons (Fsp3) is 0.438. The van der Waals surface area contributed by atoms with E-state index in [4.69, 9.17) is 37.9 Å². The third kappa shape index (κ3) is 10.9. The molecule has 0 heterocycles. The van der Waals surface area contributed by atoms with Crippen molar-refractivity contribution in [1.82, 2.24) is 0 Å². The fourth-order valence-electron chi connectivity index (χ4n) is 4.21. The van der Waals surface area contributed by atoms with E-state index in [9.17, 15) is 9.59 Å². The number of ether oxygens (including phenoxy) is 8. The van der Waals surface area contributed by atoms with Gasteiger partial charge in [0.1, 0.15) is 37.9 Å². The quantitative estimate of drug-likeness (QED) is 0.0878. The largest absolute Gasteiger partial charge is 0.490 e. The standard InChI is InChI=1S/C32H40O10/c1-3-29(33)39-21-17-35-13-15-37-19-23-41-31-25-9-5-7-11-27(25)32(28-12-8-6-10-26(28)31)42-24-20-38-16-14-36-18-22-40-30(34)4-2/h3-9,11H,1-2,10,12-24H2. The number of fused-ring (bicyclic) bond motifs is 2. The Morgan fingerprint density at radius 1 is 0.571 bits per heavy atom. The Kier molecular flexibility index (Phi) is 15.2. The topological polar surface area (TPSA) is 108 Å². The molecule has 10 nitrogen and oxygen atoms in total. The normalized spacial score (nSPS) is 12.0. The monoisotopic (exact) mass is 584 g/mol. The Balaban J connectivity index is 1.45. The van der Waals surface area contributed by atoms with Crippen molar-refractivity contribution in [3.63, 3.8) is 0 Å². The van der Waals surface area contributed by atoms with Gasteiger partial charge in [-0.3, -0.25) is 0 Å². The summed E-state index contributed by atoms with van der Waals surface area (Å²) in [6.07, 6.45) is 8.05. The van der Waals surface area contributed by atoms with Crippen molar-refractivity contribution in [1.29, 1.82) is 0 Å². The zero-order valence-electron chi connectivity index (χ0n) is 24.0. The SMILES string of the molecule is C=CC(=O)OCCOCCOCCOc1c2c(c(OCCOCCOCCOC(=O)C=C)c3ccccc13)CC=CC2. The van der Waals surface area contributed by atoms with Crippen LogP contribution in [0.3, 0.4) is 0 Å². The predicted octanol–water partition coefficient (Wildman–Crippen LogP) is 3.78. The number of carbonyl (C=O) groups excluding carboxylic acids is 2. The van der Waals surface area contributed by atoms with Crippen LogP contribution in [-0.4, -0.2) is 91.2 Å². The first kappa shape index (κ1) is 32.8. The molecule has 2 aromatic carbocycles. The molecule has 0 radical (unpaired) electrons. The third-order valence-corrected chi connectivity index (χ3v) is 6.11. The summed E-state index contributed by atoms with van der Waals surface area (Å²) in [5, 5.41) is 1.98. The molecule has 0 amide bonds. The van der Waals surface area contributed by atoms with Gasteiger partial charge in [0.15, 0.2) is 0 Å². The van der Waals surface area contributed by atoms with Crippen molar-refractivity contribution in [2.24, 2.45) is 0 Å². The van der Waals surface area contributed by atoms with Crippen LogP contribution < -0.4 is 9.47 Å². The molecule has 0 atom stereocenters. The summed E-state index contributed by atoms with van der Waals surface area (Å²) in [5.74, 6) is 0.778. The lowest BCUT2D eigenvalue weighted by atomic mass is 9.90. The van der Waals surface area contributed by atoms with Crippen molar-refractivity contribution in [3.8, 4) is 11.5 Å². The third-order valence-electron chi connectivity index (χ3n) is 6.11. The molecule has 0 spiro atoms. The minimum atomic E-state index is -0.466. The van der Waals surface area contributed by atoms with Crippen molar-refractivity contribution < 1.29 is 47.5 Å². The summed E-state index contributed by atoms with van der Waals surface area (Å²) in [5.41, 5.74) is 2.24. The molecule has 0 fully saturated rings. The van der Waals surface area contributed by atoms with E-state index in [1.54, 1.807) is 0 Å². The van der Waals surface area contributed by atoms with E-state index in [2.05, 4.69) is 25.3 Å². The zero-order valence-corrected chi connectivity index (χ0v) is 24.0. The highest BCUT2D eigenvalue weighted by Crippen LogP contribution is 2.43. The number of carbonyl (C=O) groups is 2. The molecular weight excluding hydrogens is 544 g/mol. The van der Waals surface area contributed by atoms with Gasteiger partial charge in [0.05, 0.1) is 52.9 Å². The van der Waals surface area contributed by atoms with Crippen LogP contribution in [0.25, 0.3) is 10.8 Å². The van der Waals surface area contributed by atoms with Crippen LogP contribution in [-0.2, 0) is 50.9 Å². The Morgan fingerprint density at radius 3 is 1.31 bits per heavy atom. The molecular formula is C32H40O10. The smallest absolute Gasteiger partial charge is 0.330 e. The minimum absolute atomic E-state index is 0.181. The summed E-state index contributed by atoms with van der Waals surface area (Å²) in [6.45, 7) is 10.9. The minimum Gasteiger partial charge on any atom is -0.490 e. The van der Waals surface area contributed by atoms with Crippen LogP contribution in [0.5, 0.6) is 11.5 Å². The Labute approximate surface area is 246 Å². The number of hydrogen-bond donors (Lipinski definition) is 0. The number of hydrogen-bond acceptors (Lipinski definition) is 10. The molecule has 1 aliphatic carbocycles. The molecule has 1 aliphatic rings. The molecule has 2 aromatic rings. The first-order valence-electron chi connectivity index (χ1n) is 14.0. The molecule has 0 aliphatic heterocycles. The van der Waals surface area contributed by atoms with Gasteiger partial charge in [0.25, 0.3) is 0 Å². The van der Waals surface area contributed by atoms with Crippen molar-refractivity contribution in [3.05, 3.63) is 72.9 Å². The second-order valence-electron chi connectivity index (χ2n) is 8.93. The van der Waals surface area contributed by atoms with Gasteiger partial charge in [-0.05, 0) is 12.8 Å². The summed E-state index contributed by atoms with van der Waals surface area (Å²) >= 11 is 0. The average molecular weight is 585 g/mol. The molecule has 228 valence electrons. The van der Waals surface area contributed by atoms with Crippen molar-refractivity contribution in [2.45, 2.75) is 12.8 Å².